The molecule has 1 aromatic carbocycles. The van der Waals surface area contributed by atoms with Crippen molar-refractivity contribution in [3.8, 4) is 11.3 Å². The van der Waals surface area contributed by atoms with Gasteiger partial charge in [-0.05, 0) is 44.5 Å². The minimum absolute atomic E-state index is 0.0985. The highest BCUT2D eigenvalue weighted by atomic mass is 16.5. The molecule has 1 N–H and O–H groups in total. The van der Waals surface area contributed by atoms with Crippen molar-refractivity contribution in [2.45, 2.75) is 33.9 Å². The smallest absolute Gasteiger partial charge is 0.339 e. The predicted molar refractivity (Wildman–Crippen MR) is 111 cm³/mol. The Balaban J connectivity index is 1.87. The van der Waals surface area contributed by atoms with Gasteiger partial charge in [-0.15, -0.1) is 0 Å². The highest BCUT2D eigenvalue weighted by molar-refractivity contribution is 5.93. The van der Waals surface area contributed by atoms with Crippen molar-refractivity contribution in [2.75, 3.05) is 6.61 Å². The normalized spacial score (nSPS) is 10.6. The van der Waals surface area contributed by atoms with Crippen LogP contribution in [0.25, 0.3) is 11.3 Å². The number of benzene rings is 1. The number of amides is 1. The van der Waals surface area contributed by atoms with E-state index in [4.69, 9.17) is 4.74 Å². The summed E-state index contributed by atoms with van der Waals surface area (Å²) in [6.45, 7) is 6.37. The molecule has 150 valence electrons. The average molecular weight is 391 g/mol. The fraction of sp³-hybridized carbons (Fsp3) is 0.261. The maximum Gasteiger partial charge on any atom is 0.339 e. The van der Waals surface area contributed by atoms with Crippen molar-refractivity contribution >= 4 is 11.9 Å². The molecule has 6 nitrogen and oxygen atoms in total. The molecule has 0 atom stereocenters. The summed E-state index contributed by atoms with van der Waals surface area (Å²) in [7, 11) is 0. The molecule has 0 saturated heterocycles. The maximum absolute atomic E-state index is 12.6. The number of nitrogens with one attached hydrogen (secondary N) is 1. The number of ether oxygens (including phenoxy) is 1. The van der Waals surface area contributed by atoms with E-state index in [2.05, 4.69) is 10.3 Å². The van der Waals surface area contributed by atoms with Crippen LogP contribution in [0.2, 0.25) is 0 Å². The van der Waals surface area contributed by atoms with E-state index >= 15 is 0 Å². The lowest BCUT2D eigenvalue weighted by atomic mass is 10.1. The van der Waals surface area contributed by atoms with Crippen LogP contribution < -0.4 is 5.32 Å². The highest BCUT2D eigenvalue weighted by Crippen LogP contribution is 2.27. The molecular weight excluding hydrogens is 366 g/mol. The van der Waals surface area contributed by atoms with Crippen molar-refractivity contribution in [1.29, 1.82) is 0 Å². The second-order valence-corrected chi connectivity index (χ2v) is 6.80. The van der Waals surface area contributed by atoms with Crippen LogP contribution in [-0.2, 0) is 22.6 Å². The lowest BCUT2D eigenvalue weighted by Crippen LogP contribution is -2.28. The van der Waals surface area contributed by atoms with Gasteiger partial charge in [0.25, 0.3) is 0 Å². The highest BCUT2D eigenvalue weighted by Gasteiger charge is 2.21. The number of hydrogen-bond acceptors (Lipinski definition) is 4. The minimum Gasteiger partial charge on any atom is -0.462 e. The van der Waals surface area contributed by atoms with Gasteiger partial charge in [-0.3, -0.25) is 9.78 Å². The SMILES string of the molecule is CCOC(=O)c1cc(-c2ccc(C)cc2)n(CC(=O)NCc2ccccn2)c1C. The van der Waals surface area contributed by atoms with Crippen LogP contribution >= 0.6 is 0 Å². The molecule has 3 aromatic rings. The van der Waals surface area contributed by atoms with Crippen LogP contribution in [-0.4, -0.2) is 28.0 Å². The summed E-state index contributed by atoms with van der Waals surface area (Å²) in [4.78, 5) is 29.2. The number of hydrogen-bond donors (Lipinski definition) is 1. The molecule has 0 aliphatic rings. The van der Waals surface area contributed by atoms with Gasteiger partial charge in [0.15, 0.2) is 0 Å². The lowest BCUT2D eigenvalue weighted by Gasteiger charge is -2.13. The molecule has 3 rings (SSSR count). The largest absolute Gasteiger partial charge is 0.462 e. The van der Waals surface area contributed by atoms with Crippen LogP contribution in [0.4, 0.5) is 0 Å². The van der Waals surface area contributed by atoms with Gasteiger partial charge < -0.3 is 14.6 Å². The Bertz CT molecular complexity index is 992. The Morgan fingerprint density at radius 3 is 2.52 bits per heavy atom. The number of pyridine rings is 1. The van der Waals surface area contributed by atoms with Gasteiger partial charge in [-0.2, -0.15) is 0 Å². The molecule has 0 spiro atoms. The lowest BCUT2D eigenvalue weighted by molar-refractivity contribution is -0.121. The fourth-order valence-corrected chi connectivity index (χ4v) is 3.12. The van der Waals surface area contributed by atoms with E-state index in [0.29, 0.717) is 24.4 Å². The van der Waals surface area contributed by atoms with Crippen molar-refractivity contribution in [3.05, 3.63) is 77.2 Å². The van der Waals surface area contributed by atoms with Crippen molar-refractivity contribution in [1.82, 2.24) is 14.9 Å². The summed E-state index contributed by atoms with van der Waals surface area (Å²) in [5.74, 6) is -0.538. The molecule has 0 unspecified atom stereocenters. The fourth-order valence-electron chi connectivity index (χ4n) is 3.12. The molecular formula is C23H25N3O3. The molecule has 0 aliphatic carbocycles. The van der Waals surface area contributed by atoms with E-state index in [1.165, 1.54) is 0 Å². The topological polar surface area (TPSA) is 73.2 Å². The minimum atomic E-state index is -0.383. The number of rotatable bonds is 7. The molecule has 29 heavy (non-hydrogen) atoms. The summed E-state index contributed by atoms with van der Waals surface area (Å²) < 4.78 is 7.03. The van der Waals surface area contributed by atoms with Gasteiger partial charge >= 0.3 is 5.97 Å². The molecule has 2 heterocycles. The van der Waals surface area contributed by atoms with Crippen molar-refractivity contribution < 1.29 is 14.3 Å². The molecule has 0 bridgehead atoms. The third kappa shape index (κ3) is 4.90. The van der Waals surface area contributed by atoms with Gasteiger partial charge in [0, 0.05) is 17.6 Å². The van der Waals surface area contributed by atoms with Crippen LogP contribution in [0.15, 0.2) is 54.7 Å². The second kappa shape index (κ2) is 9.19. The Morgan fingerprint density at radius 2 is 1.86 bits per heavy atom. The van der Waals surface area contributed by atoms with Crippen molar-refractivity contribution in [2.24, 2.45) is 0 Å². The van der Waals surface area contributed by atoms with Crippen LogP contribution in [0.5, 0.6) is 0 Å². The van der Waals surface area contributed by atoms with E-state index in [1.807, 2.05) is 60.9 Å². The van der Waals surface area contributed by atoms with Crippen LogP contribution in [0.3, 0.4) is 0 Å². The van der Waals surface area contributed by atoms with E-state index in [9.17, 15) is 9.59 Å². The predicted octanol–water partition coefficient (Wildman–Crippen LogP) is 3.66. The number of aryl methyl sites for hydroxylation is 1. The van der Waals surface area contributed by atoms with Gasteiger partial charge in [0.05, 0.1) is 24.4 Å². The Hall–Kier alpha value is -3.41. The molecule has 1 amide bonds. The Kier molecular flexibility index (Phi) is 6.44. The van der Waals surface area contributed by atoms with Crippen LogP contribution in [0, 0.1) is 13.8 Å². The number of aromatic nitrogens is 2. The number of nitrogens with zero attached hydrogens (tertiary/aromatic N) is 2. The monoisotopic (exact) mass is 391 g/mol. The average Bonchev–Trinajstić information content (AvgIpc) is 3.04. The summed E-state index contributed by atoms with van der Waals surface area (Å²) >= 11 is 0. The zero-order valence-corrected chi connectivity index (χ0v) is 16.9. The summed E-state index contributed by atoms with van der Waals surface area (Å²) in [6, 6.07) is 15.4. The summed E-state index contributed by atoms with van der Waals surface area (Å²) in [6.07, 6.45) is 1.69. The summed E-state index contributed by atoms with van der Waals surface area (Å²) in [5.41, 5.74) is 4.84. The van der Waals surface area contributed by atoms with Crippen LogP contribution in [0.1, 0.15) is 34.2 Å². The van der Waals surface area contributed by atoms with Gasteiger partial charge in [0.2, 0.25) is 5.91 Å². The summed E-state index contributed by atoms with van der Waals surface area (Å²) in [5, 5.41) is 2.89. The Labute approximate surface area is 170 Å². The Morgan fingerprint density at radius 1 is 1.10 bits per heavy atom. The molecule has 0 fully saturated rings. The first-order chi connectivity index (χ1) is 14.0. The molecule has 0 aliphatic heterocycles. The first-order valence-electron chi connectivity index (χ1n) is 9.60. The zero-order chi connectivity index (χ0) is 20.8. The van der Waals surface area contributed by atoms with E-state index < -0.39 is 0 Å². The number of carbonyl (C=O) groups excluding carboxylic acids is 2. The van der Waals surface area contributed by atoms with Gasteiger partial charge in [-0.25, -0.2) is 4.79 Å². The van der Waals surface area contributed by atoms with E-state index in [1.54, 1.807) is 19.2 Å². The molecule has 6 heteroatoms. The van der Waals surface area contributed by atoms with Gasteiger partial charge in [0.1, 0.15) is 6.54 Å². The van der Waals surface area contributed by atoms with Crippen molar-refractivity contribution in [3.63, 3.8) is 0 Å². The molecule has 2 aromatic heterocycles. The van der Waals surface area contributed by atoms with E-state index in [-0.39, 0.29) is 18.4 Å². The van der Waals surface area contributed by atoms with E-state index in [0.717, 1.165) is 22.5 Å². The quantitative estimate of drug-likeness (QED) is 0.624. The number of carbonyl (C=O) groups is 2. The maximum atomic E-state index is 12.6. The standard InChI is InChI=1S/C23H25N3O3/c1-4-29-23(28)20-13-21(18-10-8-16(2)9-11-18)26(17(20)3)15-22(27)25-14-19-7-5-6-12-24-19/h5-13H,4,14-15H2,1-3H3,(H,25,27). The first-order valence-corrected chi connectivity index (χ1v) is 9.60. The zero-order valence-electron chi connectivity index (χ0n) is 16.9. The first kappa shape index (κ1) is 20.3. The second-order valence-electron chi connectivity index (χ2n) is 6.80. The third-order valence-electron chi connectivity index (χ3n) is 4.70. The van der Waals surface area contributed by atoms with Gasteiger partial charge in [-0.1, -0.05) is 35.9 Å². The molecule has 0 saturated carbocycles. The number of esters is 1. The third-order valence-corrected chi connectivity index (χ3v) is 4.70. The molecule has 0 radical (unpaired) electrons.